The van der Waals surface area contributed by atoms with Gasteiger partial charge in [-0.25, -0.2) is 19.6 Å². The topological polar surface area (TPSA) is 98.5 Å². The lowest BCUT2D eigenvalue weighted by molar-refractivity contribution is -0.120. The van der Waals surface area contributed by atoms with Crippen LogP contribution < -0.4 is 5.32 Å². The van der Waals surface area contributed by atoms with Crippen LogP contribution in [0, 0.1) is 0 Å². The fraction of sp³-hybridized carbons (Fsp3) is 0.111. The van der Waals surface area contributed by atoms with Gasteiger partial charge in [-0.05, 0) is 23.8 Å². The molecule has 9 heteroatoms. The Balaban J connectivity index is 1.32. The average Bonchev–Trinajstić information content (AvgIpc) is 3.40. The van der Waals surface area contributed by atoms with Gasteiger partial charge in [-0.3, -0.25) is 9.78 Å². The molecule has 1 N–H and O–H groups in total. The highest BCUT2D eigenvalue weighted by Crippen LogP contribution is 2.21. The molecular formula is C18H15N7OS. The summed E-state index contributed by atoms with van der Waals surface area (Å²) in [6.07, 6.45) is 6.70. The molecule has 0 spiro atoms. The Morgan fingerprint density at radius 3 is 2.89 bits per heavy atom. The van der Waals surface area contributed by atoms with Gasteiger partial charge in [-0.15, -0.1) is 11.3 Å². The number of thiazole rings is 1. The van der Waals surface area contributed by atoms with E-state index < -0.39 is 0 Å². The predicted molar refractivity (Wildman–Crippen MR) is 100 cm³/mol. The Morgan fingerprint density at radius 1 is 1.19 bits per heavy atom. The lowest BCUT2D eigenvalue weighted by Crippen LogP contribution is -2.24. The highest BCUT2D eigenvalue weighted by Gasteiger charge is 2.10. The minimum atomic E-state index is -0.0896. The zero-order chi connectivity index (χ0) is 18.5. The smallest absolute Gasteiger partial charge is 0.226 e. The molecule has 4 rings (SSSR count). The van der Waals surface area contributed by atoms with Crippen LogP contribution in [-0.2, 0) is 17.8 Å². The van der Waals surface area contributed by atoms with E-state index in [-0.39, 0.29) is 12.3 Å². The van der Waals surface area contributed by atoms with Crippen molar-refractivity contribution in [3.05, 3.63) is 72.0 Å². The third kappa shape index (κ3) is 4.21. The summed E-state index contributed by atoms with van der Waals surface area (Å²) in [5.41, 5.74) is 2.45. The Labute approximate surface area is 159 Å². The van der Waals surface area contributed by atoms with Crippen molar-refractivity contribution in [2.45, 2.75) is 13.0 Å². The summed E-state index contributed by atoms with van der Waals surface area (Å²) in [5, 5.41) is 9.61. The van der Waals surface area contributed by atoms with Crippen LogP contribution in [0.5, 0.6) is 0 Å². The van der Waals surface area contributed by atoms with Crippen molar-refractivity contribution >= 4 is 17.2 Å². The third-order valence-corrected chi connectivity index (χ3v) is 4.64. The Hall–Kier alpha value is -3.46. The average molecular weight is 377 g/mol. The fourth-order valence-electron chi connectivity index (χ4n) is 2.41. The van der Waals surface area contributed by atoms with Crippen LogP contribution in [0.25, 0.3) is 16.5 Å². The molecule has 27 heavy (non-hydrogen) atoms. The van der Waals surface area contributed by atoms with E-state index in [4.69, 9.17) is 0 Å². The summed E-state index contributed by atoms with van der Waals surface area (Å²) in [6, 6.07) is 9.40. The largest absolute Gasteiger partial charge is 0.352 e. The number of amides is 1. The highest BCUT2D eigenvalue weighted by molar-refractivity contribution is 7.13. The number of hydrogen-bond donors (Lipinski definition) is 1. The quantitative estimate of drug-likeness (QED) is 0.552. The van der Waals surface area contributed by atoms with Crippen molar-refractivity contribution in [2.75, 3.05) is 0 Å². The van der Waals surface area contributed by atoms with Crippen LogP contribution >= 0.6 is 11.3 Å². The number of nitrogens with zero attached hydrogens (tertiary/aromatic N) is 6. The Bertz CT molecular complexity index is 1010. The van der Waals surface area contributed by atoms with E-state index in [0.29, 0.717) is 12.4 Å². The fourth-order valence-corrected chi connectivity index (χ4v) is 3.20. The van der Waals surface area contributed by atoms with Gasteiger partial charge in [-0.2, -0.15) is 5.10 Å². The van der Waals surface area contributed by atoms with Gasteiger partial charge < -0.3 is 5.32 Å². The van der Waals surface area contributed by atoms with Crippen molar-refractivity contribution in [1.29, 1.82) is 0 Å². The molecule has 0 atom stereocenters. The van der Waals surface area contributed by atoms with Crippen LogP contribution in [0.15, 0.2) is 60.8 Å². The number of carbonyl (C=O) groups is 1. The second-order valence-corrected chi connectivity index (χ2v) is 6.54. The summed E-state index contributed by atoms with van der Waals surface area (Å²) in [4.78, 5) is 29.1. The minimum absolute atomic E-state index is 0.0896. The molecule has 4 heterocycles. The van der Waals surface area contributed by atoms with Crippen molar-refractivity contribution < 1.29 is 4.79 Å². The number of aromatic nitrogens is 6. The zero-order valence-corrected chi connectivity index (χ0v) is 15.0. The molecule has 4 aromatic heterocycles. The molecular weight excluding hydrogens is 362 g/mol. The first-order valence-corrected chi connectivity index (χ1v) is 9.08. The maximum absolute atomic E-state index is 12.2. The molecule has 4 aromatic rings. The van der Waals surface area contributed by atoms with Gasteiger partial charge in [0.25, 0.3) is 0 Å². The van der Waals surface area contributed by atoms with Crippen LogP contribution in [0.4, 0.5) is 0 Å². The number of carbonyl (C=O) groups excluding carboxylic acids is 1. The zero-order valence-electron chi connectivity index (χ0n) is 14.2. The van der Waals surface area contributed by atoms with Crippen LogP contribution in [0.3, 0.4) is 0 Å². The predicted octanol–water partition coefficient (Wildman–Crippen LogP) is 2.04. The summed E-state index contributed by atoms with van der Waals surface area (Å²) in [7, 11) is 0. The second-order valence-electron chi connectivity index (χ2n) is 5.68. The van der Waals surface area contributed by atoms with E-state index in [2.05, 4.69) is 30.4 Å². The Kier molecular flexibility index (Phi) is 4.93. The first-order chi connectivity index (χ1) is 13.3. The second kappa shape index (κ2) is 7.83. The molecule has 0 aliphatic carbocycles. The summed E-state index contributed by atoms with van der Waals surface area (Å²) >= 11 is 1.48. The molecule has 0 fully saturated rings. The standard InChI is InChI=1S/C18H15N7OS/c26-17(7-14-10-27-18(24-14)15-3-1-2-6-20-15)22-9-13-4-5-16(21-8-13)25-12-19-11-23-25/h1-6,8,10-12H,7,9H2,(H,22,26). The SMILES string of the molecule is O=C(Cc1csc(-c2ccccn2)n1)NCc1ccc(-n2cncn2)nc1. The number of nitrogens with one attached hydrogen (secondary N) is 1. The van der Waals surface area contributed by atoms with E-state index in [1.165, 1.54) is 17.7 Å². The molecule has 0 aliphatic heterocycles. The molecule has 0 saturated carbocycles. The molecule has 0 saturated heterocycles. The minimum Gasteiger partial charge on any atom is -0.352 e. The molecule has 8 nitrogen and oxygen atoms in total. The first-order valence-electron chi connectivity index (χ1n) is 8.20. The monoisotopic (exact) mass is 377 g/mol. The lowest BCUT2D eigenvalue weighted by atomic mass is 10.2. The normalized spacial score (nSPS) is 10.7. The molecule has 0 aromatic carbocycles. The Morgan fingerprint density at radius 2 is 2.15 bits per heavy atom. The number of hydrogen-bond acceptors (Lipinski definition) is 7. The molecule has 0 aliphatic rings. The van der Waals surface area contributed by atoms with Crippen LogP contribution in [-0.4, -0.2) is 35.6 Å². The van der Waals surface area contributed by atoms with Gasteiger partial charge in [-0.1, -0.05) is 12.1 Å². The van der Waals surface area contributed by atoms with Gasteiger partial charge in [0.05, 0.1) is 17.8 Å². The van der Waals surface area contributed by atoms with Gasteiger partial charge in [0.1, 0.15) is 17.7 Å². The molecule has 0 radical (unpaired) electrons. The molecule has 0 bridgehead atoms. The number of pyridine rings is 2. The van der Waals surface area contributed by atoms with Crippen molar-refractivity contribution in [1.82, 2.24) is 35.0 Å². The maximum atomic E-state index is 12.2. The first kappa shape index (κ1) is 17.0. The summed E-state index contributed by atoms with van der Waals surface area (Å²) < 4.78 is 1.57. The van der Waals surface area contributed by atoms with Gasteiger partial charge in [0.2, 0.25) is 5.91 Å². The van der Waals surface area contributed by atoms with E-state index in [1.54, 1.807) is 23.4 Å². The summed E-state index contributed by atoms with van der Waals surface area (Å²) in [6.45, 7) is 0.403. The van der Waals surface area contributed by atoms with E-state index in [0.717, 1.165) is 22.0 Å². The third-order valence-electron chi connectivity index (χ3n) is 3.73. The maximum Gasteiger partial charge on any atom is 0.226 e. The molecule has 0 unspecified atom stereocenters. The lowest BCUT2D eigenvalue weighted by Gasteiger charge is -2.05. The molecule has 1 amide bonds. The summed E-state index contributed by atoms with van der Waals surface area (Å²) in [5.74, 6) is 0.584. The highest BCUT2D eigenvalue weighted by atomic mass is 32.1. The van der Waals surface area contributed by atoms with Crippen molar-refractivity contribution in [3.8, 4) is 16.5 Å². The van der Waals surface area contributed by atoms with E-state index in [9.17, 15) is 4.79 Å². The van der Waals surface area contributed by atoms with Crippen LogP contribution in [0.1, 0.15) is 11.3 Å². The van der Waals surface area contributed by atoms with Gasteiger partial charge >= 0.3 is 0 Å². The van der Waals surface area contributed by atoms with E-state index in [1.807, 2.05) is 35.7 Å². The molecule has 134 valence electrons. The van der Waals surface area contributed by atoms with Gasteiger partial charge in [0.15, 0.2) is 5.82 Å². The van der Waals surface area contributed by atoms with Gasteiger partial charge in [0, 0.05) is 24.3 Å². The van der Waals surface area contributed by atoms with E-state index >= 15 is 0 Å². The van der Waals surface area contributed by atoms with Crippen molar-refractivity contribution in [2.24, 2.45) is 0 Å². The number of rotatable bonds is 6. The van der Waals surface area contributed by atoms with Crippen molar-refractivity contribution in [3.63, 3.8) is 0 Å². The van der Waals surface area contributed by atoms with Crippen LogP contribution in [0.2, 0.25) is 0 Å².